The largest absolute Gasteiger partial charge is 0.326 e. The van der Waals surface area contributed by atoms with Gasteiger partial charge in [-0.25, -0.2) is 0 Å². The van der Waals surface area contributed by atoms with E-state index in [0.717, 1.165) is 43.7 Å². The molecule has 25 heavy (non-hydrogen) atoms. The third kappa shape index (κ3) is 4.70. The topological polar surface area (TPSA) is 32.3 Å². The van der Waals surface area contributed by atoms with Gasteiger partial charge in [0.1, 0.15) is 0 Å². The van der Waals surface area contributed by atoms with Gasteiger partial charge in [0.15, 0.2) is 0 Å². The molecule has 1 fully saturated rings. The number of carbonyl (C=O) groups is 1. The quantitative estimate of drug-likeness (QED) is 0.894. The van der Waals surface area contributed by atoms with Gasteiger partial charge < -0.3 is 5.32 Å². The van der Waals surface area contributed by atoms with Crippen molar-refractivity contribution in [3.63, 3.8) is 0 Å². The highest BCUT2D eigenvalue weighted by atomic mass is 16.1. The highest BCUT2D eigenvalue weighted by molar-refractivity contribution is 5.93. The predicted molar refractivity (Wildman–Crippen MR) is 104 cm³/mol. The first-order valence-corrected chi connectivity index (χ1v) is 9.17. The minimum atomic E-state index is 0.0680. The number of rotatable bonds is 4. The van der Waals surface area contributed by atoms with Crippen LogP contribution in [0.3, 0.4) is 0 Å². The third-order valence-corrected chi connectivity index (χ3v) is 5.02. The fraction of sp³-hybridized carbons (Fsp3) is 0.409. The summed E-state index contributed by atoms with van der Waals surface area (Å²) in [4.78, 5) is 15.2. The summed E-state index contributed by atoms with van der Waals surface area (Å²) in [5.41, 5.74) is 5.85. The van der Waals surface area contributed by atoms with E-state index < -0.39 is 0 Å². The Morgan fingerprint density at radius 3 is 2.72 bits per heavy atom. The van der Waals surface area contributed by atoms with Gasteiger partial charge in [0, 0.05) is 18.8 Å². The standard InChI is InChI=1S/C22H28N2O/c1-16-6-4-7-19(12-16)14-24-11-5-8-20(15-24)22(25)23-21-13-17(2)9-10-18(21)3/h4,6-7,9-10,12-13,20H,5,8,11,14-15H2,1-3H3,(H,23,25). The van der Waals surface area contributed by atoms with Crippen LogP contribution in [0, 0.1) is 26.7 Å². The number of amides is 1. The summed E-state index contributed by atoms with van der Waals surface area (Å²) in [6.07, 6.45) is 2.05. The number of carbonyl (C=O) groups excluding carboxylic acids is 1. The van der Waals surface area contributed by atoms with Crippen molar-refractivity contribution in [2.45, 2.75) is 40.2 Å². The van der Waals surface area contributed by atoms with Crippen LogP contribution in [0.25, 0.3) is 0 Å². The Morgan fingerprint density at radius 2 is 1.92 bits per heavy atom. The molecule has 2 aromatic rings. The minimum Gasteiger partial charge on any atom is -0.326 e. The molecule has 1 atom stereocenters. The number of nitrogens with one attached hydrogen (secondary N) is 1. The Morgan fingerprint density at radius 1 is 1.12 bits per heavy atom. The highest BCUT2D eigenvalue weighted by Gasteiger charge is 2.26. The molecule has 132 valence electrons. The van der Waals surface area contributed by atoms with Crippen LogP contribution in [-0.4, -0.2) is 23.9 Å². The number of nitrogens with zero attached hydrogens (tertiary/aromatic N) is 1. The lowest BCUT2D eigenvalue weighted by molar-refractivity contribution is -0.121. The van der Waals surface area contributed by atoms with Gasteiger partial charge in [-0.15, -0.1) is 0 Å². The second-order valence-corrected chi connectivity index (χ2v) is 7.37. The molecule has 3 rings (SSSR count). The van der Waals surface area contributed by atoms with Crippen molar-refractivity contribution in [1.29, 1.82) is 0 Å². The molecule has 1 amide bonds. The van der Waals surface area contributed by atoms with Gasteiger partial charge in [-0.1, -0.05) is 42.0 Å². The van der Waals surface area contributed by atoms with Crippen molar-refractivity contribution in [3.05, 3.63) is 64.7 Å². The molecule has 1 saturated heterocycles. The lowest BCUT2D eigenvalue weighted by atomic mass is 9.96. The first-order valence-electron chi connectivity index (χ1n) is 9.17. The van der Waals surface area contributed by atoms with E-state index in [-0.39, 0.29) is 11.8 Å². The molecule has 1 aliphatic heterocycles. The van der Waals surface area contributed by atoms with E-state index in [9.17, 15) is 4.79 Å². The average Bonchev–Trinajstić information content (AvgIpc) is 2.58. The molecule has 0 aliphatic carbocycles. The van der Waals surface area contributed by atoms with E-state index in [4.69, 9.17) is 0 Å². The van der Waals surface area contributed by atoms with Crippen molar-refractivity contribution in [2.75, 3.05) is 18.4 Å². The summed E-state index contributed by atoms with van der Waals surface area (Å²) in [5, 5.41) is 3.15. The number of hydrogen-bond donors (Lipinski definition) is 1. The van der Waals surface area contributed by atoms with Crippen LogP contribution in [0.2, 0.25) is 0 Å². The van der Waals surface area contributed by atoms with Gasteiger partial charge in [-0.3, -0.25) is 9.69 Å². The summed E-state index contributed by atoms with van der Waals surface area (Å²) >= 11 is 0. The molecule has 2 aromatic carbocycles. The molecule has 0 radical (unpaired) electrons. The predicted octanol–water partition coefficient (Wildman–Crippen LogP) is 4.46. The maximum Gasteiger partial charge on any atom is 0.228 e. The van der Waals surface area contributed by atoms with Crippen molar-refractivity contribution in [1.82, 2.24) is 4.90 Å². The first-order chi connectivity index (χ1) is 12.0. The number of likely N-dealkylation sites (tertiary alicyclic amines) is 1. The third-order valence-electron chi connectivity index (χ3n) is 5.02. The van der Waals surface area contributed by atoms with Gasteiger partial charge in [0.2, 0.25) is 5.91 Å². The zero-order chi connectivity index (χ0) is 17.8. The number of benzene rings is 2. The minimum absolute atomic E-state index is 0.0680. The maximum atomic E-state index is 12.7. The monoisotopic (exact) mass is 336 g/mol. The van der Waals surface area contributed by atoms with Crippen LogP contribution in [0.15, 0.2) is 42.5 Å². The number of anilines is 1. The normalized spacial score (nSPS) is 18.1. The van der Waals surface area contributed by atoms with Gasteiger partial charge in [0.25, 0.3) is 0 Å². The summed E-state index contributed by atoms with van der Waals surface area (Å²) in [6.45, 7) is 9.06. The van der Waals surface area contributed by atoms with Gasteiger partial charge in [-0.2, -0.15) is 0 Å². The van der Waals surface area contributed by atoms with Crippen LogP contribution in [0.5, 0.6) is 0 Å². The van der Waals surface area contributed by atoms with Crippen LogP contribution >= 0.6 is 0 Å². The Kier molecular flexibility index (Phi) is 5.54. The van der Waals surface area contributed by atoms with E-state index in [1.807, 2.05) is 6.92 Å². The second-order valence-electron chi connectivity index (χ2n) is 7.37. The van der Waals surface area contributed by atoms with Gasteiger partial charge in [0.05, 0.1) is 5.92 Å². The molecule has 3 nitrogen and oxygen atoms in total. The molecular formula is C22H28N2O. The van der Waals surface area contributed by atoms with E-state index in [2.05, 4.69) is 66.5 Å². The fourth-order valence-electron chi connectivity index (χ4n) is 3.59. The molecule has 1 aliphatic rings. The first kappa shape index (κ1) is 17.7. The Bertz CT molecular complexity index is 753. The number of hydrogen-bond acceptors (Lipinski definition) is 2. The van der Waals surface area contributed by atoms with E-state index in [0.29, 0.717) is 0 Å². The number of piperidine rings is 1. The molecule has 0 spiro atoms. The SMILES string of the molecule is Cc1cccc(CN2CCCC(C(=O)Nc3cc(C)ccc3C)C2)c1. The molecule has 1 unspecified atom stereocenters. The maximum absolute atomic E-state index is 12.7. The van der Waals surface area contributed by atoms with Crippen molar-refractivity contribution < 1.29 is 4.79 Å². The molecule has 0 bridgehead atoms. The van der Waals surface area contributed by atoms with Crippen LogP contribution in [0.4, 0.5) is 5.69 Å². The summed E-state index contributed by atoms with van der Waals surface area (Å²) in [6, 6.07) is 14.8. The molecule has 0 aromatic heterocycles. The molecule has 1 N–H and O–H groups in total. The average molecular weight is 336 g/mol. The fourth-order valence-corrected chi connectivity index (χ4v) is 3.59. The zero-order valence-electron chi connectivity index (χ0n) is 15.5. The van der Waals surface area contributed by atoms with Gasteiger partial charge in [-0.05, 0) is 62.9 Å². The Labute approximate surface area is 151 Å². The Hall–Kier alpha value is -2.13. The molecule has 1 heterocycles. The zero-order valence-corrected chi connectivity index (χ0v) is 15.5. The van der Waals surface area contributed by atoms with E-state index in [1.54, 1.807) is 0 Å². The van der Waals surface area contributed by atoms with Crippen LogP contribution < -0.4 is 5.32 Å². The Balaban J connectivity index is 1.62. The number of aryl methyl sites for hydroxylation is 3. The summed E-state index contributed by atoms with van der Waals surface area (Å²) in [5.74, 6) is 0.223. The van der Waals surface area contributed by atoms with Crippen molar-refractivity contribution in [3.8, 4) is 0 Å². The summed E-state index contributed by atoms with van der Waals surface area (Å²) < 4.78 is 0. The lowest BCUT2D eigenvalue weighted by Crippen LogP contribution is -2.40. The second kappa shape index (κ2) is 7.83. The van der Waals surface area contributed by atoms with E-state index >= 15 is 0 Å². The summed E-state index contributed by atoms with van der Waals surface area (Å²) in [7, 11) is 0. The highest BCUT2D eigenvalue weighted by Crippen LogP contribution is 2.22. The van der Waals surface area contributed by atoms with Crippen LogP contribution in [-0.2, 0) is 11.3 Å². The smallest absolute Gasteiger partial charge is 0.228 e. The van der Waals surface area contributed by atoms with E-state index in [1.165, 1.54) is 16.7 Å². The molecule has 0 saturated carbocycles. The van der Waals surface area contributed by atoms with Crippen molar-refractivity contribution in [2.24, 2.45) is 5.92 Å². The molecule has 3 heteroatoms. The van der Waals surface area contributed by atoms with Gasteiger partial charge >= 0.3 is 0 Å². The van der Waals surface area contributed by atoms with Crippen LogP contribution in [0.1, 0.15) is 35.1 Å². The van der Waals surface area contributed by atoms with Crippen molar-refractivity contribution >= 4 is 11.6 Å². The lowest BCUT2D eigenvalue weighted by Gasteiger charge is -2.32. The molecular weight excluding hydrogens is 308 g/mol.